The van der Waals surface area contributed by atoms with Crippen LogP contribution in [-0.4, -0.2) is 24.0 Å². The Morgan fingerprint density at radius 3 is 2.68 bits per heavy atom. The van der Waals surface area contributed by atoms with E-state index in [2.05, 4.69) is 10.2 Å². The maximum atomic E-state index is 12.4. The van der Waals surface area contributed by atoms with Gasteiger partial charge in [0.15, 0.2) is 5.13 Å². The zero-order chi connectivity index (χ0) is 17.1. The first-order valence-electron chi connectivity index (χ1n) is 8.77. The quantitative estimate of drug-likeness (QED) is 0.765. The first-order valence-corrected chi connectivity index (χ1v) is 9.59. The van der Waals surface area contributed by atoms with Gasteiger partial charge in [-0.2, -0.15) is 0 Å². The number of piperidine rings is 1. The number of aromatic nitrogens is 1. The molecule has 1 aliphatic heterocycles. The minimum atomic E-state index is -0.0429. The van der Waals surface area contributed by atoms with Gasteiger partial charge in [0, 0.05) is 25.2 Å². The Balaban J connectivity index is 1.49. The number of carbonyl (C=O) groups excluding carboxylic acids is 1. The Morgan fingerprint density at radius 1 is 1.08 bits per heavy atom. The largest absolute Gasteiger partial charge is 0.348 e. The molecule has 1 aliphatic rings. The topological polar surface area (TPSA) is 45.2 Å². The average molecular weight is 351 g/mol. The number of carbonyl (C=O) groups is 1. The van der Waals surface area contributed by atoms with Crippen LogP contribution in [0.15, 0.2) is 48.5 Å². The number of hydrogen-bond acceptors (Lipinski definition) is 4. The van der Waals surface area contributed by atoms with E-state index in [0.717, 1.165) is 34.0 Å². The van der Waals surface area contributed by atoms with E-state index in [9.17, 15) is 4.79 Å². The number of nitrogens with one attached hydrogen (secondary N) is 1. The lowest BCUT2D eigenvalue weighted by Crippen LogP contribution is -2.29. The Kier molecular flexibility index (Phi) is 4.65. The molecule has 5 heteroatoms. The summed E-state index contributed by atoms with van der Waals surface area (Å²) in [5.41, 5.74) is 2.77. The second-order valence-corrected chi connectivity index (χ2v) is 7.40. The van der Waals surface area contributed by atoms with E-state index in [1.54, 1.807) is 11.3 Å². The van der Waals surface area contributed by atoms with E-state index < -0.39 is 0 Å². The maximum Gasteiger partial charge on any atom is 0.251 e. The number of benzene rings is 2. The monoisotopic (exact) mass is 351 g/mol. The summed E-state index contributed by atoms with van der Waals surface area (Å²) in [6.07, 6.45) is 3.79. The average Bonchev–Trinajstić information content (AvgIpc) is 3.11. The van der Waals surface area contributed by atoms with Crippen LogP contribution >= 0.6 is 11.3 Å². The normalized spacial score (nSPS) is 14.6. The van der Waals surface area contributed by atoms with E-state index in [-0.39, 0.29) is 5.91 Å². The summed E-state index contributed by atoms with van der Waals surface area (Å²) in [7, 11) is 0. The predicted octanol–water partition coefficient (Wildman–Crippen LogP) is 4.22. The molecule has 3 aromatic rings. The maximum absolute atomic E-state index is 12.4. The molecule has 0 atom stereocenters. The number of rotatable bonds is 4. The third kappa shape index (κ3) is 3.66. The van der Waals surface area contributed by atoms with E-state index in [4.69, 9.17) is 4.98 Å². The van der Waals surface area contributed by atoms with E-state index in [1.807, 2.05) is 48.5 Å². The van der Waals surface area contributed by atoms with Crippen molar-refractivity contribution in [1.82, 2.24) is 10.3 Å². The zero-order valence-electron chi connectivity index (χ0n) is 14.1. The van der Waals surface area contributed by atoms with Crippen LogP contribution in [0.1, 0.15) is 35.2 Å². The summed E-state index contributed by atoms with van der Waals surface area (Å²) in [4.78, 5) is 19.5. The molecule has 0 bridgehead atoms. The molecule has 1 fully saturated rings. The molecule has 2 heterocycles. The molecule has 128 valence electrons. The highest BCUT2D eigenvalue weighted by molar-refractivity contribution is 7.22. The number of anilines is 1. The highest BCUT2D eigenvalue weighted by Gasteiger charge is 2.16. The summed E-state index contributed by atoms with van der Waals surface area (Å²) in [6, 6.07) is 15.7. The first-order chi connectivity index (χ1) is 12.3. The van der Waals surface area contributed by atoms with Gasteiger partial charge in [0.1, 0.15) is 0 Å². The van der Waals surface area contributed by atoms with Crippen LogP contribution in [0.2, 0.25) is 0 Å². The fourth-order valence-corrected chi connectivity index (χ4v) is 4.21. The van der Waals surface area contributed by atoms with Gasteiger partial charge in [0.25, 0.3) is 5.91 Å². The van der Waals surface area contributed by atoms with Gasteiger partial charge in [-0.05, 0) is 43.0 Å². The Labute approximate surface area is 151 Å². The van der Waals surface area contributed by atoms with Crippen LogP contribution in [0, 0.1) is 0 Å². The smallest absolute Gasteiger partial charge is 0.251 e. The van der Waals surface area contributed by atoms with Crippen molar-refractivity contribution in [2.75, 3.05) is 18.0 Å². The molecule has 1 N–H and O–H groups in total. The molecule has 2 aromatic carbocycles. The summed E-state index contributed by atoms with van der Waals surface area (Å²) in [5, 5.41) is 4.07. The molecule has 1 saturated heterocycles. The van der Waals surface area contributed by atoms with Crippen molar-refractivity contribution in [3.63, 3.8) is 0 Å². The lowest BCUT2D eigenvalue weighted by molar-refractivity contribution is 0.0951. The summed E-state index contributed by atoms with van der Waals surface area (Å²) >= 11 is 1.68. The standard InChI is InChI=1S/C20H21N3OS/c24-19(21-14-15-7-3-1-4-8-15)16-9-10-17-18(13-16)25-20(22-17)23-11-5-2-6-12-23/h1,3-4,7-10,13H,2,5-6,11-12,14H2,(H,21,24). The fraction of sp³-hybridized carbons (Fsp3) is 0.300. The molecule has 4 nitrogen and oxygen atoms in total. The highest BCUT2D eigenvalue weighted by Crippen LogP contribution is 2.31. The predicted molar refractivity (Wildman–Crippen MR) is 103 cm³/mol. The third-order valence-corrected chi connectivity index (χ3v) is 5.64. The number of hydrogen-bond donors (Lipinski definition) is 1. The van der Waals surface area contributed by atoms with Gasteiger partial charge >= 0.3 is 0 Å². The van der Waals surface area contributed by atoms with Crippen LogP contribution in [0.25, 0.3) is 10.2 Å². The number of fused-ring (bicyclic) bond motifs is 1. The number of amides is 1. The van der Waals surface area contributed by atoms with Gasteiger partial charge in [-0.15, -0.1) is 0 Å². The summed E-state index contributed by atoms with van der Waals surface area (Å²) < 4.78 is 1.08. The van der Waals surface area contributed by atoms with Crippen molar-refractivity contribution in [3.05, 3.63) is 59.7 Å². The van der Waals surface area contributed by atoms with Crippen molar-refractivity contribution in [2.24, 2.45) is 0 Å². The van der Waals surface area contributed by atoms with Gasteiger partial charge in [-0.25, -0.2) is 4.98 Å². The third-order valence-electron chi connectivity index (χ3n) is 4.56. The number of thiazole rings is 1. The molecular weight excluding hydrogens is 330 g/mol. The van der Waals surface area contributed by atoms with E-state index in [1.165, 1.54) is 19.3 Å². The Bertz CT molecular complexity index is 869. The number of nitrogens with zero attached hydrogens (tertiary/aromatic N) is 2. The van der Waals surface area contributed by atoms with Crippen molar-refractivity contribution < 1.29 is 4.79 Å². The molecule has 0 spiro atoms. The van der Waals surface area contributed by atoms with Crippen molar-refractivity contribution in [1.29, 1.82) is 0 Å². The van der Waals surface area contributed by atoms with Gasteiger partial charge in [-0.3, -0.25) is 4.79 Å². The molecule has 1 aromatic heterocycles. The van der Waals surface area contributed by atoms with Crippen LogP contribution in [0.5, 0.6) is 0 Å². The van der Waals surface area contributed by atoms with Crippen LogP contribution in [0.4, 0.5) is 5.13 Å². The van der Waals surface area contributed by atoms with E-state index >= 15 is 0 Å². The molecule has 25 heavy (non-hydrogen) atoms. The molecule has 0 radical (unpaired) electrons. The molecule has 0 unspecified atom stereocenters. The molecule has 1 amide bonds. The molecule has 0 aliphatic carbocycles. The minimum Gasteiger partial charge on any atom is -0.348 e. The Hall–Kier alpha value is -2.40. The second-order valence-electron chi connectivity index (χ2n) is 6.39. The van der Waals surface area contributed by atoms with E-state index in [0.29, 0.717) is 12.1 Å². The van der Waals surface area contributed by atoms with Gasteiger partial charge in [0.05, 0.1) is 10.2 Å². The highest BCUT2D eigenvalue weighted by atomic mass is 32.1. The van der Waals surface area contributed by atoms with Crippen molar-refractivity contribution >= 4 is 32.6 Å². The lowest BCUT2D eigenvalue weighted by Gasteiger charge is -2.25. The second kappa shape index (κ2) is 7.23. The minimum absolute atomic E-state index is 0.0429. The van der Waals surface area contributed by atoms with Crippen LogP contribution in [0.3, 0.4) is 0 Å². The van der Waals surface area contributed by atoms with Gasteiger partial charge in [-0.1, -0.05) is 41.7 Å². The fourth-order valence-electron chi connectivity index (χ4n) is 3.15. The molecular formula is C20H21N3OS. The van der Waals surface area contributed by atoms with Gasteiger partial charge < -0.3 is 10.2 Å². The molecule has 0 saturated carbocycles. The summed E-state index contributed by atoms with van der Waals surface area (Å²) in [6.45, 7) is 2.72. The van der Waals surface area contributed by atoms with Crippen molar-refractivity contribution in [3.8, 4) is 0 Å². The van der Waals surface area contributed by atoms with Gasteiger partial charge in [0.2, 0.25) is 0 Å². The first kappa shape index (κ1) is 16.1. The van der Waals surface area contributed by atoms with Crippen LogP contribution < -0.4 is 10.2 Å². The summed E-state index contributed by atoms with van der Waals surface area (Å²) in [5.74, 6) is -0.0429. The van der Waals surface area contributed by atoms with Crippen LogP contribution in [-0.2, 0) is 6.54 Å². The SMILES string of the molecule is O=C(NCc1ccccc1)c1ccc2nc(N3CCCCC3)sc2c1. The lowest BCUT2D eigenvalue weighted by atomic mass is 10.1. The molecule has 4 rings (SSSR count). The van der Waals surface area contributed by atoms with Crippen molar-refractivity contribution in [2.45, 2.75) is 25.8 Å². The zero-order valence-corrected chi connectivity index (χ0v) is 14.9. The Morgan fingerprint density at radius 2 is 1.88 bits per heavy atom.